The summed E-state index contributed by atoms with van der Waals surface area (Å²) in [6.07, 6.45) is 16.5. The Kier molecular flexibility index (Phi) is 30.5. The quantitative estimate of drug-likeness (QED) is 0.0363. The Labute approximate surface area is 610 Å². The molecule has 556 valence electrons. The number of carbonyl (C=O) groups is 1. The van der Waals surface area contributed by atoms with E-state index >= 15 is 0 Å². The van der Waals surface area contributed by atoms with E-state index in [0.717, 1.165) is 96.7 Å². The number of methoxy groups -OCH3 is 2. The summed E-state index contributed by atoms with van der Waals surface area (Å²) in [5, 5.41) is 13.4. The number of nitrogens with one attached hydrogen (secondary N) is 4. The minimum absolute atomic E-state index is 0. The Morgan fingerprint density at radius 3 is 1.19 bits per heavy atom. The number of fused-ring (bicyclic) bond motifs is 3. The number of hydrogen-bond acceptors (Lipinski definition) is 24. The molecule has 0 unspecified atom stereocenters. The average molecular weight is 1540 g/mol. The lowest BCUT2D eigenvalue weighted by Crippen LogP contribution is -2.42. The van der Waals surface area contributed by atoms with Gasteiger partial charge in [-0.3, -0.25) is 28.1 Å². The van der Waals surface area contributed by atoms with Gasteiger partial charge in [0.05, 0.1) is 43.3 Å². The molecule has 36 heteroatoms. The van der Waals surface area contributed by atoms with E-state index in [-0.39, 0.29) is 106 Å². The highest BCUT2D eigenvalue weighted by molar-refractivity contribution is 8.13. The lowest BCUT2D eigenvalue weighted by molar-refractivity contribution is 0.0188. The number of piperidine rings is 3. The maximum atomic E-state index is 13.3. The van der Waals surface area contributed by atoms with Gasteiger partial charge >= 0.3 is 6.09 Å². The standard InChI is InChI=1S/C22H31ClN6O3.C20H29ClN6O4S.C17H23ClN6O.C3H7ClO3S.C2H6.ClH/c1-13(15-5-6-15)29-18-16(12-25-20(23)27-18)26-17(19(29)30)24-11-14-7-9-28(10-8-14)21(31)32-22(2,3)4;1-13(15-3-4-15)27-18-16(12-23-20(21)25-18)24-17(19(27)28)22-11-14-5-7-26(8-6-14)32(29,30)10-9-31-2;1-10(12-2-3-12)24-15-13(9-21-17(18)23-15)22-14(16(24)25)20-8-11-4-6-19-7-5-11;1-7-2-3-8(4,5)6;1-2;/h12-15H,5-11H2,1-4H3,(H,24,26);12-15H,3-11H2,1-2H3,(H,22,24);9-12,19H,2-8H2,1H3,(H,20,22);2-3H2,1H3;1-2H3;1H/t2*13-;10-;;;/m000.../s1. The Hall–Kier alpha value is -5.48. The van der Waals surface area contributed by atoms with Crippen LogP contribution in [-0.2, 0) is 33.3 Å². The second-order valence-electron chi connectivity index (χ2n) is 26.8. The number of anilines is 3. The van der Waals surface area contributed by atoms with E-state index in [9.17, 15) is 36.0 Å². The van der Waals surface area contributed by atoms with Crippen LogP contribution in [-0.4, -0.2) is 194 Å². The summed E-state index contributed by atoms with van der Waals surface area (Å²) >= 11 is 17.9. The van der Waals surface area contributed by atoms with Crippen LogP contribution >= 0.6 is 57.9 Å². The molecule has 3 atom stereocenters. The zero-order chi connectivity index (χ0) is 71.9. The summed E-state index contributed by atoms with van der Waals surface area (Å²) in [4.78, 5) is 92.0. The van der Waals surface area contributed by atoms with Crippen molar-refractivity contribution in [1.82, 2.24) is 73.1 Å². The minimum Gasteiger partial charge on any atom is -0.444 e. The lowest BCUT2D eigenvalue weighted by Gasteiger charge is -2.33. The number of aromatic nitrogens is 12. The van der Waals surface area contributed by atoms with Crippen molar-refractivity contribution in [3.05, 3.63) is 65.5 Å². The maximum absolute atomic E-state index is 13.3. The Balaban J connectivity index is 0.000000197. The van der Waals surface area contributed by atoms with Gasteiger partial charge in [-0.05, 0) is 202 Å². The van der Waals surface area contributed by atoms with Crippen molar-refractivity contribution >= 4 is 134 Å². The molecule has 3 aliphatic carbocycles. The van der Waals surface area contributed by atoms with Gasteiger partial charge in [0.15, 0.2) is 34.4 Å². The highest BCUT2D eigenvalue weighted by atomic mass is 35.7. The van der Waals surface area contributed by atoms with Crippen LogP contribution in [0.2, 0.25) is 15.9 Å². The molecular weight excluding hydrogens is 1440 g/mol. The van der Waals surface area contributed by atoms with Gasteiger partial charge in [0, 0.05) is 88.8 Å². The van der Waals surface area contributed by atoms with E-state index in [1.54, 1.807) is 31.0 Å². The maximum Gasteiger partial charge on any atom is 0.410 e. The van der Waals surface area contributed by atoms with Gasteiger partial charge in [-0.15, -0.1) is 12.4 Å². The van der Waals surface area contributed by atoms with E-state index in [1.165, 1.54) is 24.7 Å². The molecule has 3 aliphatic heterocycles. The number of hydrogen-bond donors (Lipinski definition) is 4. The molecule has 29 nitrogen and oxygen atoms in total. The molecule has 3 saturated heterocycles. The molecule has 4 N–H and O–H groups in total. The van der Waals surface area contributed by atoms with Crippen molar-refractivity contribution < 1.29 is 35.8 Å². The van der Waals surface area contributed by atoms with Crippen molar-refractivity contribution in [1.29, 1.82) is 0 Å². The van der Waals surface area contributed by atoms with Gasteiger partial charge < -0.3 is 40.4 Å². The topological polar surface area (TPSA) is 350 Å². The number of nitrogens with zero attached hydrogens (tertiary/aromatic N) is 14. The monoisotopic (exact) mass is 1530 g/mol. The number of halogens is 5. The predicted octanol–water partition coefficient (Wildman–Crippen LogP) is 9.65. The fraction of sp³-hybridized carbons (Fsp3) is 0.703. The molecule has 0 aromatic carbocycles. The van der Waals surface area contributed by atoms with Crippen LogP contribution in [0.25, 0.3) is 33.5 Å². The third-order valence-corrected chi connectivity index (χ3v) is 21.9. The van der Waals surface area contributed by atoms with E-state index in [4.69, 9.17) is 55.0 Å². The fourth-order valence-electron chi connectivity index (χ4n) is 12.1. The van der Waals surface area contributed by atoms with Crippen LogP contribution in [0.3, 0.4) is 0 Å². The second-order valence-corrected chi connectivity index (χ2v) is 32.8. The fourth-order valence-corrected chi connectivity index (χ4v) is 14.5. The average Bonchev–Trinajstić information content (AvgIpc) is 1.39. The molecule has 0 bridgehead atoms. The number of likely N-dealkylation sites (tertiary alicyclic amines) is 1. The van der Waals surface area contributed by atoms with Crippen molar-refractivity contribution in [3.63, 3.8) is 0 Å². The molecular formula is C64H97Cl5N18O11S2. The summed E-state index contributed by atoms with van der Waals surface area (Å²) in [7, 11) is 1.09. The number of ether oxygens (including phenoxy) is 3. The molecule has 100 heavy (non-hydrogen) atoms. The minimum atomic E-state index is -3.34. The first-order chi connectivity index (χ1) is 47.1. The molecule has 6 fully saturated rings. The molecule has 1 amide bonds. The third-order valence-electron chi connectivity index (χ3n) is 18.4. The van der Waals surface area contributed by atoms with E-state index < -0.39 is 24.7 Å². The largest absolute Gasteiger partial charge is 0.444 e. The SMILES string of the molecule is CC.COCCS(=O)(=O)Cl.COCCS(=O)(=O)N1CCC(CNc2nc3cnc(Cl)nc3n([C@@H](C)C3CC3)c2=O)CC1.C[C@@H](C1CC1)n1c(=O)c(NCC2CCN(C(=O)OC(C)(C)C)CC2)nc2cnc(Cl)nc21.C[C@@H](C1CC1)n1c(=O)c(NCC2CCNCC2)nc2cnc(Cl)nc21.Cl. The Morgan fingerprint density at radius 1 is 0.550 bits per heavy atom. The van der Waals surface area contributed by atoms with Gasteiger partial charge in [-0.1, -0.05) is 13.8 Å². The first-order valence-corrected chi connectivity index (χ1v) is 39.5. The smallest absolute Gasteiger partial charge is 0.410 e. The van der Waals surface area contributed by atoms with Crippen molar-refractivity contribution in [2.24, 2.45) is 35.5 Å². The van der Waals surface area contributed by atoms with E-state index in [1.807, 2.05) is 48.5 Å². The van der Waals surface area contributed by atoms with E-state index in [0.29, 0.717) is 114 Å². The van der Waals surface area contributed by atoms with Gasteiger partial charge in [-0.2, -0.15) is 15.0 Å². The van der Waals surface area contributed by atoms with Crippen LogP contribution in [0.1, 0.15) is 151 Å². The Morgan fingerprint density at radius 2 is 0.880 bits per heavy atom. The molecule has 12 rings (SSSR count). The van der Waals surface area contributed by atoms with Crippen molar-refractivity contribution in [2.45, 2.75) is 156 Å². The van der Waals surface area contributed by atoms with Crippen molar-refractivity contribution in [3.8, 4) is 0 Å². The third kappa shape index (κ3) is 23.3. The summed E-state index contributed by atoms with van der Waals surface area (Å²) in [5.74, 6) is 3.44. The number of rotatable bonds is 22. The van der Waals surface area contributed by atoms with E-state index in [2.05, 4.69) is 77.8 Å². The highest BCUT2D eigenvalue weighted by Gasteiger charge is 2.36. The first-order valence-electron chi connectivity index (χ1n) is 34.2. The molecule has 9 heterocycles. The van der Waals surface area contributed by atoms with Gasteiger partial charge in [0.2, 0.25) is 34.9 Å². The molecule has 3 saturated carbocycles. The van der Waals surface area contributed by atoms with Crippen LogP contribution in [0.5, 0.6) is 0 Å². The van der Waals surface area contributed by atoms with Crippen LogP contribution in [0, 0.1) is 35.5 Å². The normalized spacial score (nSPS) is 18.1. The Bertz CT molecular complexity index is 4120. The second kappa shape index (κ2) is 37.3. The van der Waals surface area contributed by atoms with Gasteiger partial charge in [0.1, 0.15) is 22.2 Å². The number of sulfonamides is 1. The highest BCUT2D eigenvalue weighted by Crippen LogP contribution is 2.42. The lowest BCUT2D eigenvalue weighted by atomic mass is 9.97. The predicted molar refractivity (Wildman–Crippen MR) is 394 cm³/mol. The van der Waals surface area contributed by atoms with Crippen LogP contribution in [0.15, 0.2) is 33.0 Å². The summed E-state index contributed by atoms with van der Waals surface area (Å²) in [6.45, 7) is 22.3. The van der Waals surface area contributed by atoms with Gasteiger partial charge in [0.25, 0.3) is 16.7 Å². The molecule has 6 aliphatic rings. The summed E-state index contributed by atoms with van der Waals surface area (Å²) in [5.41, 5.74) is 2.11. The summed E-state index contributed by atoms with van der Waals surface area (Å²) < 4.78 is 66.3. The molecule has 6 aromatic rings. The zero-order valence-corrected chi connectivity index (χ0v) is 64.1. The molecule has 0 spiro atoms. The van der Waals surface area contributed by atoms with Gasteiger partial charge in [-0.25, -0.2) is 55.8 Å². The first kappa shape index (κ1) is 81.8. The van der Waals surface area contributed by atoms with Crippen LogP contribution < -0.4 is 37.9 Å². The molecule has 0 radical (unpaired) electrons. The molecule has 6 aromatic heterocycles. The zero-order valence-electron chi connectivity index (χ0n) is 58.6. The summed E-state index contributed by atoms with van der Waals surface area (Å²) in [6, 6.07) is 0.111. The number of amides is 1. The number of carbonyl (C=O) groups excluding carboxylic acids is 1. The van der Waals surface area contributed by atoms with Crippen LogP contribution in [0.4, 0.5) is 22.2 Å². The van der Waals surface area contributed by atoms with Crippen molar-refractivity contribution in [2.75, 3.05) is 114 Å².